The number of ether oxygens (including phenoxy) is 1. The number of nitrogens with zero attached hydrogens (tertiary/aromatic N) is 2. The summed E-state index contributed by atoms with van der Waals surface area (Å²) in [6.07, 6.45) is 13.3. The van der Waals surface area contributed by atoms with Crippen LogP contribution in [0.2, 0.25) is 0 Å². The number of aliphatic carboxylic acids is 2. The van der Waals surface area contributed by atoms with E-state index in [1.54, 1.807) is 20.8 Å². The van der Waals surface area contributed by atoms with Crippen LogP contribution in [0.3, 0.4) is 0 Å². The predicted molar refractivity (Wildman–Crippen MR) is 254 cm³/mol. The maximum atomic E-state index is 14.2. The summed E-state index contributed by atoms with van der Waals surface area (Å²) in [6, 6.07) is 7.75. The molecule has 17 heteroatoms. The van der Waals surface area contributed by atoms with Gasteiger partial charge in [0.25, 0.3) is 0 Å². The van der Waals surface area contributed by atoms with Gasteiger partial charge in [-0.2, -0.15) is 0 Å². The Labute approximate surface area is 396 Å². The molecule has 2 aliphatic carbocycles. The van der Waals surface area contributed by atoms with Crippen molar-refractivity contribution < 1.29 is 57.6 Å². The van der Waals surface area contributed by atoms with Crippen LogP contribution in [0.4, 0.5) is 0 Å². The van der Waals surface area contributed by atoms with Gasteiger partial charge >= 0.3 is 17.9 Å². The Balaban J connectivity index is 0.000000309. The summed E-state index contributed by atoms with van der Waals surface area (Å²) in [4.78, 5) is 88.9. The van der Waals surface area contributed by atoms with E-state index in [9.17, 15) is 48.3 Å². The number of rotatable bonds is 21. The zero-order valence-corrected chi connectivity index (χ0v) is 41.6. The molecule has 15 nitrogen and oxygen atoms in total. The van der Waals surface area contributed by atoms with Crippen LogP contribution in [0.1, 0.15) is 143 Å². The number of hydrogen-bond acceptors (Lipinski definition) is 11. The first kappa shape index (κ1) is 54.9. The lowest BCUT2D eigenvalue weighted by molar-refractivity contribution is -0.169. The maximum absolute atomic E-state index is 14.2. The summed E-state index contributed by atoms with van der Waals surface area (Å²) in [6.45, 7) is 9.51. The summed E-state index contributed by atoms with van der Waals surface area (Å²) < 4.78 is 25.7. The van der Waals surface area contributed by atoms with E-state index in [0.29, 0.717) is 44.7 Å². The number of aryl methyl sites for hydroxylation is 1. The first-order chi connectivity index (χ1) is 31.4. The Morgan fingerprint density at radius 1 is 0.803 bits per heavy atom. The molecule has 2 saturated carbocycles. The third kappa shape index (κ3) is 17.1. The monoisotopic (exact) mass is 961 g/mol. The van der Waals surface area contributed by atoms with Crippen molar-refractivity contribution >= 4 is 59.9 Å². The molecule has 0 radical (unpaired) electrons. The van der Waals surface area contributed by atoms with E-state index in [-0.39, 0.29) is 59.2 Å². The average molecular weight is 962 g/mol. The van der Waals surface area contributed by atoms with Crippen LogP contribution < -0.4 is 5.32 Å². The average Bonchev–Trinajstić information content (AvgIpc) is 4.00. The second-order valence-corrected chi connectivity index (χ2v) is 22.7. The number of amides is 3. The zero-order chi connectivity index (χ0) is 48.4. The van der Waals surface area contributed by atoms with Crippen LogP contribution in [0.25, 0.3) is 0 Å². The number of esters is 1. The van der Waals surface area contributed by atoms with Crippen molar-refractivity contribution in [1.29, 1.82) is 0 Å². The van der Waals surface area contributed by atoms with Gasteiger partial charge in [-0.3, -0.25) is 33.1 Å². The highest BCUT2D eigenvalue weighted by atomic mass is 32.2. The number of carboxylic acids is 2. The second-order valence-electron chi connectivity index (χ2n) is 19.1. The Bertz CT molecular complexity index is 1820. The zero-order valence-electron chi connectivity index (χ0n) is 39.9. The van der Waals surface area contributed by atoms with E-state index in [0.717, 1.165) is 76.0 Å². The molecule has 0 aromatic heterocycles. The lowest BCUT2D eigenvalue weighted by atomic mass is 9.79. The van der Waals surface area contributed by atoms with Gasteiger partial charge in [0.05, 0.1) is 6.04 Å². The van der Waals surface area contributed by atoms with Gasteiger partial charge in [0.1, 0.15) is 18.2 Å². The van der Waals surface area contributed by atoms with Gasteiger partial charge in [-0.1, -0.05) is 121 Å². The van der Waals surface area contributed by atoms with Crippen molar-refractivity contribution in [1.82, 2.24) is 15.1 Å². The molecular formula is C49H76N3O12PS. The molecule has 3 amide bonds. The number of thioether (sulfide) groups is 1. The van der Waals surface area contributed by atoms with Crippen LogP contribution >= 0.6 is 19.1 Å². The molecule has 1 aromatic rings. The van der Waals surface area contributed by atoms with E-state index in [1.807, 2.05) is 44.2 Å². The van der Waals surface area contributed by atoms with Gasteiger partial charge in [-0.25, -0.2) is 9.59 Å². The number of likely N-dealkylation sites (tertiary alicyclic amines) is 2. The normalized spacial score (nSPS) is 22.6. The van der Waals surface area contributed by atoms with Crippen LogP contribution in [-0.4, -0.2) is 116 Å². The van der Waals surface area contributed by atoms with Crippen LogP contribution in [-0.2, 0) is 53.8 Å². The highest BCUT2D eigenvalue weighted by molar-refractivity contribution is 8.13. The van der Waals surface area contributed by atoms with Crippen molar-refractivity contribution in [2.75, 3.05) is 31.2 Å². The molecule has 2 saturated heterocycles. The van der Waals surface area contributed by atoms with E-state index in [1.165, 1.54) is 28.2 Å². The molecule has 7 atom stereocenters. The second kappa shape index (κ2) is 27.3. The molecule has 2 aliphatic heterocycles. The number of carboxylic acid groups (broad SMARTS) is 2. The highest BCUT2D eigenvalue weighted by Crippen LogP contribution is 2.51. The minimum Gasteiger partial charge on any atom is -0.480 e. The molecule has 0 bridgehead atoms. The first-order valence-electron chi connectivity index (χ1n) is 24.4. The summed E-state index contributed by atoms with van der Waals surface area (Å²) in [5.41, 5.74) is 1.18. The van der Waals surface area contributed by atoms with E-state index in [4.69, 9.17) is 9.26 Å². The number of hydrogen-bond donors (Lipinski definition) is 3. The summed E-state index contributed by atoms with van der Waals surface area (Å²) in [5.74, 6) is -3.02. The Kier molecular flexibility index (Phi) is 22.7. The number of benzene rings is 1. The summed E-state index contributed by atoms with van der Waals surface area (Å²) >= 11 is 1.03. The van der Waals surface area contributed by atoms with Crippen molar-refractivity contribution in [3.63, 3.8) is 0 Å². The minimum absolute atomic E-state index is 0.00243. The standard InChI is InChI=1S/C30H46NO7P.C19H30N2O5S/c1-4-28(33)37-30(22(2)3)38-39(36,18-12-11-15-23-13-7-5-8-14-23)21-27(32)31-20-25(19-26(31)29(34)35)24-16-9-6-10-17-24;1-12(17(23)21-10-6-9-15(21)18(24)25)11-27-19(26)13(2)20-16(22)14-7-4-3-5-8-14/h5,7-8,13-14,22,24-26,30H,4,6,9-12,15-21H2,1-3H3,(H,34,35);12-15H,3-11H2,1-2H3,(H,20,22)(H,24,25)/t25-,26+,30?,39-;12-,13-,15+/m11/s1. The number of carbonyl (C=O) groups excluding carboxylic acids is 5. The SMILES string of the molecule is CCC(=O)OC(O[P@](=O)(CCCCc1ccccc1)CC(=O)N1C[C@H](C2CCCCC2)C[C@H]1C(=O)O)C(C)C.C[C@H](CSC(=O)[C@@H](C)NC(=O)C1CCCCC1)C(=O)N1CCC[C@H]1C(=O)O. The van der Waals surface area contributed by atoms with Crippen LogP contribution in [0.5, 0.6) is 0 Å². The minimum atomic E-state index is -3.60. The highest BCUT2D eigenvalue weighted by Gasteiger charge is 2.45. The Hall–Kier alpha value is -3.75. The molecule has 2 heterocycles. The van der Waals surface area contributed by atoms with E-state index < -0.39 is 61.5 Å². The van der Waals surface area contributed by atoms with Gasteiger partial charge in [0.15, 0.2) is 0 Å². The third-order valence-electron chi connectivity index (χ3n) is 13.5. The fraction of sp³-hybridized carbons (Fsp3) is 0.735. The number of carbonyl (C=O) groups is 7. The van der Waals surface area contributed by atoms with E-state index >= 15 is 0 Å². The van der Waals surface area contributed by atoms with Crippen molar-refractivity contribution in [3.8, 4) is 0 Å². The fourth-order valence-corrected chi connectivity index (χ4v) is 12.7. The van der Waals surface area contributed by atoms with Crippen LogP contribution in [0.15, 0.2) is 30.3 Å². The molecule has 4 aliphatic rings. The predicted octanol–water partition coefficient (Wildman–Crippen LogP) is 8.16. The van der Waals surface area contributed by atoms with E-state index in [2.05, 4.69) is 5.32 Å². The third-order valence-corrected chi connectivity index (χ3v) is 17.1. The molecule has 4 fully saturated rings. The molecule has 66 heavy (non-hydrogen) atoms. The largest absolute Gasteiger partial charge is 0.480 e. The Morgan fingerprint density at radius 3 is 2.05 bits per heavy atom. The summed E-state index contributed by atoms with van der Waals surface area (Å²) in [5, 5.41) is 21.8. The molecule has 5 rings (SSSR count). The van der Waals surface area contributed by atoms with Gasteiger partial charge in [0, 0.05) is 49.2 Å². The molecular weight excluding hydrogens is 886 g/mol. The smallest absolute Gasteiger partial charge is 0.326 e. The molecule has 1 unspecified atom stereocenters. The van der Waals surface area contributed by atoms with Gasteiger partial charge in [-0.15, -0.1) is 0 Å². The number of unbranched alkanes of at least 4 members (excludes halogenated alkanes) is 1. The quantitative estimate of drug-likeness (QED) is 0.0460. The van der Waals surface area contributed by atoms with Gasteiger partial charge in [-0.05, 0) is 75.7 Å². The van der Waals surface area contributed by atoms with Crippen LogP contribution in [0, 0.1) is 29.6 Å². The van der Waals surface area contributed by atoms with Crippen molar-refractivity contribution in [3.05, 3.63) is 35.9 Å². The lowest BCUT2D eigenvalue weighted by Crippen LogP contribution is -2.44. The Morgan fingerprint density at radius 2 is 1.44 bits per heavy atom. The topological polar surface area (TPSA) is 214 Å². The first-order valence-corrected chi connectivity index (χ1v) is 27.4. The number of nitrogens with one attached hydrogen (secondary N) is 1. The molecule has 0 spiro atoms. The van der Waals surface area contributed by atoms with Gasteiger partial charge in [0.2, 0.25) is 36.5 Å². The fourth-order valence-electron chi connectivity index (χ4n) is 9.53. The van der Waals surface area contributed by atoms with Gasteiger partial charge < -0.3 is 30.1 Å². The maximum Gasteiger partial charge on any atom is 0.326 e. The van der Waals surface area contributed by atoms with Crippen molar-refractivity contribution in [2.45, 2.75) is 168 Å². The molecule has 3 N–H and O–H groups in total. The molecule has 370 valence electrons. The lowest BCUT2D eigenvalue weighted by Gasteiger charge is -2.30. The molecule has 1 aromatic carbocycles. The summed E-state index contributed by atoms with van der Waals surface area (Å²) in [7, 11) is -3.60. The van der Waals surface area contributed by atoms with Crippen molar-refractivity contribution in [2.24, 2.45) is 29.6 Å².